The molecule has 1 heterocycles. The van der Waals surface area contributed by atoms with Gasteiger partial charge in [-0.05, 0) is 13.8 Å². The Kier molecular flexibility index (Phi) is 4.86. The number of hydrogen-bond donors (Lipinski definition) is 0. The monoisotopic (exact) mass is 268 g/mol. The van der Waals surface area contributed by atoms with E-state index in [4.69, 9.17) is 16.9 Å². The highest BCUT2D eigenvalue weighted by atomic mass is 35.5. The van der Waals surface area contributed by atoms with Crippen molar-refractivity contribution in [1.82, 2.24) is 4.98 Å². The van der Waals surface area contributed by atoms with Crippen LogP contribution in [0.4, 0.5) is 11.5 Å². The molecule has 1 aromatic rings. The zero-order chi connectivity index (χ0) is 13.7. The van der Waals surface area contributed by atoms with Crippen molar-refractivity contribution in [2.75, 3.05) is 11.4 Å². The fourth-order valence-corrected chi connectivity index (χ4v) is 1.73. The van der Waals surface area contributed by atoms with Crippen molar-refractivity contribution in [2.24, 2.45) is 0 Å². The first-order valence-electron chi connectivity index (χ1n) is 5.41. The number of hydrogen-bond acceptors (Lipinski definition) is 5. The topological polar surface area (TPSA) is 83.1 Å². The van der Waals surface area contributed by atoms with Gasteiger partial charge in [0.1, 0.15) is 11.0 Å². The second-order valence-corrected chi connectivity index (χ2v) is 4.35. The molecular weight excluding hydrogens is 256 g/mol. The van der Waals surface area contributed by atoms with Crippen LogP contribution in [0.25, 0.3) is 0 Å². The predicted octanol–water partition coefficient (Wildman–Crippen LogP) is 2.77. The molecule has 0 aromatic carbocycles. The Labute approximate surface area is 110 Å². The van der Waals surface area contributed by atoms with Crippen LogP contribution in [0, 0.1) is 21.4 Å². The molecule has 1 rings (SSSR count). The van der Waals surface area contributed by atoms with Crippen LogP contribution in [0.15, 0.2) is 12.1 Å². The largest absolute Gasteiger partial charge is 0.353 e. The molecule has 0 saturated heterocycles. The number of rotatable bonds is 5. The summed E-state index contributed by atoms with van der Waals surface area (Å²) >= 11 is 5.77. The van der Waals surface area contributed by atoms with Crippen LogP contribution in [0.2, 0.25) is 5.15 Å². The van der Waals surface area contributed by atoms with Gasteiger partial charge in [0.05, 0.1) is 29.5 Å². The first-order chi connectivity index (χ1) is 8.45. The maximum atomic E-state index is 10.8. The maximum absolute atomic E-state index is 10.8. The van der Waals surface area contributed by atoms with Gasteiger partial charge in [0.15, 0.2) is 0 Å². The van der Waals surface area contributed by atoms with E-state index < -0.39 is 4.92 Å². The van der Waals surface area contributed by atoms with Crippen LogP contribution in [-0.2, 0) is 0 Å². The molecule has 0 spiro atoms. The molecule has 0 aliphatic heterocycles. The van der Waals surface area contributed by atoms with E-state index in [2.05, 4.69) is 4.98 Å². The molecule has 18 heavy (non-hydrogen) atoms. The molecule has 0 saturated carbocycles. The molecule has 0 N–H and O–H groups in total. The second-order valence-electron chi connectivity index (χ2n) is 3.96. The highest BCUT2D eigenvalue weighted by Gasteiger charge is 2.17. The van der Waals surface area contributed by atoms with Gasteiger partial charge in [-0.3, -0.25) is 10.1 Å². The average molecular weight is 269 g/mol. The van der Waals surface area contributed by atoms with Crippen LogP contribution in [0.3, 0.4) is 0 Å². The lowest BCUT2D eigenvalue weighted by molar-refractivity contribution is -0.384. The van der Waals surface area contributed by atoms with E-state index in [-0.39, 0.29) is 16.9 Å². The third-order valence-electron chi connectivity index (χ3n) is 2.36. The van der Waals surface area contributed by atoms with E-state index >= 15 is 0 Å². The Balaban J connectivity index is 3.12. The number of aromatic nitrogens is 1. The summed E-state index contributed by atoms with van der Waals surface area (Å²) in [7, 11) is 0. The molecule has 7 heteroatoms. The number of anilines is 1. The first kappa shape index (κ1) is 14.2. The fourth-order valence-electron chi connectivity index (χ4n) is 1.53. The number of nitriles is 1. The van der Waals surface area contributed by atoms with Crippen molar-refractivity contribution in [1.29, 1.82) is 5.26 Å². The zero-order valence-corrected chi connectivity index (χ0v) is 10.9. The minimum Gasteiger partial charge on any atom is -0.353 e. The summed E-state index contributed by atoms with van der Waals surface area (Å²) in [6, 6.07) is 4.68. The van der Waals surface area contributed by atoms with Gasteiger partial charge in [-0.2, -0.15) is 5.26 Å². The lowest BCUT2D eigenvalue weighted by Gasteiger charge is -2.26. The summed E-state index contributed by atoms with van der Waals surface area (Å²) < 4.78 is 0. The first-order valence-corrected chi connectivity index (χ1v) is 5.79. The van der Waals surface area contributed by atoms with E-state index in [1.54, 1.807) is 0 Å². The minimum absolute atomic E-state index is 0.0711. The molecular formula is C11H13ClN4O2. The fraction of sp³-hybridized carbons (Fsp3) is 0.455. The molecule has 1 aromatic heterocycles. The standard InChI is InChI=1S/C11H13ClN4O2/c1-8(2)15(5-3-4-13)11-7-9(16(17)18)6-10(12)14-11/h6-8H,3,5H2,1-2H3. The van der Waals surface area contributed by atoms with Crippen molar-refractivity contribution in [3.05, 3.63) is 27.4 Å². The van der Waals surface area contributed by atoms with E-state index in [9.17, 15) is 10.1 Å². The van der Waals surface area contributed by atoms with E-state index in [1.165, 1.54) is 12.1 Å². The predicted molar refractivity (Wildman–Crippen MR) is 68.6 cm³/mol. The summed E-state index contributed by atoms with van der Waals surface area (Å²) in [6.45, 7) is 4.30. The van der Waals surface area contributed by atoms with Crippen LogP contribution in [0.5, 0.6) is 0 Å². The van der Waals surface area contributed by atoms with Crippen LogP contribution in [-0.4, -0.2) is 22.5 Å². The van der Waals surface area contributed by atoms with E-state index in [0.29, 0.717) is 18.8 Å². The molecule has 0 atom stereocenters. The lowest BCUT2D eigenvalue weighted by atomic mass is 10.2. The van der Waals surface area contributed by atoms with Crippen LogP contribution >= 0.6 is 11.6 Å². The molecule has 96 valence electrons. The Bertz CT molecular complexity index is 484. The highest BCUT2D eigenvalue weighted by molar-refractivity contribution is 6.29. The maximum Gasteiger partial charge on any atom is 0.276 e. The van der Waals surface area contributed by atoms with Gasteiger partial charge in [0, 0.05) is 12.6 Å². The quantitative estimate of drug-likeness (QED) is 0.466. The van der Waals surface area contributed by atoms with Gasteiger partial charge >= 0.3 is 0 Å². The van der Waals surface area contributed by atoms with Crippen molar-refractivity contribution in [2.45, 2.75) is 26.3 Å². The number of nitro groups is 1. The molecule has 0 radical (unpaired) electrons. The van der Waals surface area contributed by atoms with Gasteiger partial charge in [-0.1, -0.05) is 11.6 Å². The SMILES string of the molecule is CC(C)N(CCC#N)c1cc([N+](=O)[O-])cc(Cl)n1. The second kappa shape index (κ2) is 6.17. The van der Waals surface area contributed by atoms with E-state index in [1.807, 2.05) is 24.8 Å². The zero-order valence-electron chi connectivity index (χ0n) is 10.1. The van der Waals surface area contributed by atoms with E-state index in [0.717, 1.165) is 0 Å². The third kappa shape index (κ3) is 3.57. The van der Waals surface area contributed by atoms with Crippen molar-refractivity contribution >= 4 is 23.1 Å². The summed E-state index contributed by atoms with van der Waals surface area (Å²) in [4.78, 5) is 16.1. The van der Waals surface area contributed by atoms with Crippen molar-refractivity contribution in [3.8, 4) is 6.07 Å². The molecule has 6 nitrogen and oxygen atoms in total. The van der Waals surface area contributed by atoms with Gasteiger partial charge in [0.2, 0.25) is 0 Å². The molecule has 0 aliphatic carbocycles. The Morgan fingerprint density at radius 1 is 1.61 bits per heavy atom. The van der Waals surface area contributed by atoms with Gasteiger partial charge in [-0.25, -0.2) is 4.98 Å². The van der Waals surface area contributed by atoms with Crippen molar-refractivity contribution < 1.29 is 4.92 Å². The molecule has 0 aliphatic rings. The van der Waals surface area contributed by atoms with Crippen LogP contribution < -0.4 is 4.90 Å². The van der Waals surface area contributed by atoms with Gasteiger partial charge in [0.25, 0.3) is 5.69 Å². The smallest absolute Gasteiger partial charge is 0.276 e. The van der Waals surface area contributed by atoms with Crippen molar-refractivity contribution in [3.63, 3.8) is 0 Å². The summed E-state index contributed by atoms with van der Waals surface area (Å²) in [5.74, 6) is 0.416. The molecule has 0 unspecified atom stereocenters. The number of pyridine rings is 1. The average Bonchev–Trinajstić information content (AvgIpc) is 2.28. The Hall–Kier alpha value is -1.87. The number of nitrogens with zero attached hydrogens (tertiary/aromatic N) is 4. The number of halogens is 1. The molecule has 0 bridgehead atoms. The third-order valence-corrected chi connectivity index (χ3v) is 2.55. The summed E-state index contributed by atoms with van der Waals surface area (Å²) in [6.07, 6.45) is 0.320. The highest BCUT2D eigenvalue weighted by Crippen LogP contribution is 2.24. The van der Waals surface area contributed by atoms with Crippen LogP contribution in [0.1, 0.15) is 20.3 Å². The van der Waals surface area contributed by atoms with Gasteiger partial charge in [-0.15, -0.1) is 0 Å². The lowest BCUT2D eigenvalue weighted by Crippen LogP contribution is -2.32. The van der Waals surface area contributed by atoms with Gasteiger partial charge < -0.3 is 4.90 Å². The molecule has 0 fully saturated rings. The summed E-state index contributed by atoms with van der Waals surface area (Å²) in [5, 5.41) is 19.4. The molecule has 0 amide bonds. The minimum atomic E-state index is -0.514. The normalized spacial score (nSPS) is 10.2. The Morgan fingerprint density at radius 2 is 2.28 bits per heavy atom. The summed E-state index contributed by atoms with van der Waals surface area (Å²) in [5.41, 5.74) is -0.104. The Morgan fingerprint density at radius 3 is 2.78 bits per heavy atom.